The largest absolute Gasteiger partial charge is 0.507 e. The van der Waals surface area contributed by atoms with E-state index in [2.05, 4.69) is 0 Å². The van der Waals surface area contributed by atoms with Gasteiger partial charge in [-0.3, -0.25) is 0 Å². The highest BCUT2D eigenvalue weighted by Crippen LogP contribution is 2.32. The molecule has 0 spiro atoms. The minimum absolute atomic E-state index is 0.273. The topological polar surface area (TPSA) is 55.5 Å². The summed E-state index contributed by atoms with van der Waals surface area (Å²) in [6.07, 6.45) is 0.778. The summed E-state index contributed by atoms with van der Waals surface area (Å²) in [6.45, 7) is 0.586. The molecular weight excluding hydrogens is 202 g/mol. The van der Waals surface area contributed by atoms with Gasteiger partial charge in [0.15, 0.2) is 0 Å². The third-order valence-corrected chi connectivity index (χ3v) is 2.65. The van der Waals surface area contributed by atoms with Crippen LogP contribution >= 0.6 is 0 Å². The number of aromatic hydroxyl groups is 1. The highest BCUT2D eigenvalue weighted by atomic mass is 16.5. The first-order chi connectivity index (χ1) is 7.76. The van der Waals surface area contributed by atoms with E-state index in [1.165, 1.54) is 0 Å². The number of methoxy groups -OCH3 is 1. The molecule has 3 N–H and O–H groups in total. The number of hydrogen-bond donors (Lipinski definition) is 2. The Morgan fingerprint density at radius 3 is 2.75 bits per heavy atom. The number of rotatable bonds is 3. The predicted octanol–water partition coefficient (Wildman–Crippen LogP) is 2.06. The van der Waals surface area contributed by atoms with Gasteiger partial charge in [0, 0.05) is 10.8 Å². The fourth-order valence-electron chi connectivity index (χ4n) is 1.87. The lowest BCUT2D eigenvalue weighted by atomic mass is 10.0. The molecule has 0 fully saturated rings. The summed E-state index contributed by atoms with van der Waals surface area (Å²) in [5, 5.41) is 11.5. The number of fused-ring (bicyclic) bond motifs is 1. The van der Waals surface area contributed by atoms with Crippen LogP contribution < -0.4 is 10.5 Å². The van der Waals surface area contributed by atoms with Crippen LogP contribution in [-0.2, 0) is 6.42 Å². The van der Waals surface area contributed by atoms with Crippen LogP contribution in [0.5, 0.6) is 11.5 Å². The number of phenols is 1. The molecule has 0 aliphatic carbocycles. The highest BCUT2D eigenvalue weighted by Gasteiger charge is 2.07. The number of benzene rings is 2. The van der Waals surface area contributed by atoms with Gasteiger partial charge >= 0.3 is 0 Å². The molecule has 0 aliphatic rings. The van der Waals surface area contributed by atoms with Crippen molar-refractivity contribution in [1.29, 1.82) is 0 Å². The fourth-order valence-corrected chi connectivity index (χ4v) is 1.87. The van der Waals surface area contributed by atoms with Crippen molar-refractivity contribution in [2.24, 2.45) is 5.73 Å². The lowest BCUT2D eigenvalue weighted by molar-refractivity contribution is 0.419. The van der Waals surface area contributed by atoms with Gasteiger partial charge in [0.25, 0.3) is 0 Å². The zero-order valence-electron chi connectivity index (χ0n) is 9.23. The summed E-state index contributed by atoms with van der Waals surface area (Å²) in [5.74, 6) is 1.05. The van der Waals surface area contributed by atoms with Crippen molar-refractivity contribution in [3.63, 3.8) is 0 Å². The normalized spacial score (nSPS) is 10.6. The van der Waals surface area contributed by atoms with Crippen LogP contribution in [0.25, 0.3) is 10.8 Å². The molecule has 0 bridgehead atoms. The summed E-state index contributed by atoms with van der Waals surface area (Å²) in [7, 11) is 1.63. The SMILES string of the molecule is COc1cc(CCN)cc2c(O)cccc12. The van der Waals surface area contributed by atoms with Crippen molar-refractivity contribution in [3.8, 4) is 11.5 Å². The van der Waals surface area contributed by atoms with Crippen LogP contribution in [0.3, 0.4) is 0 Å². The molecule has 0 saturated heterocycles. The van der Waals surface area contributed by atoms with Crippen molar-refractivity contribution in [1.82, 2.24) is 0 Å². The molecule has 3 nitrogen and oxygen atoms in total. The molecule has 0 saturated carbocycles. The van der Waals surface area contributed by atoms with E-state index in [1.54, 1.807) is 13.2 Å². The first kappa shape index (κ1) is 10.8. The van der Waals surface area contributed by atoms with E-state index in [-0.39, 0.29) is 5.75 Å². The average Bonchev–Trinajstić information content (AvgIpc) is 2.30. The Kier molecular flexibility index (Phi) is 2.97. The van der Waals surface area contributed by atoms with E-state index in [1.807, 2.05) is 24.3 Å². The summed E-state index contributed by atoms with van der Waals surface area (Å²) in [6, 6.07) is 9.34. The molecule has 0 atom stereocenters. The Morgan fingerprint density at radius 2 is 2.06 bits per heavy atom. The maximum Gasteiger partial charge on any atom is 0.127 e. The third kappa shape index (κ3) is 1.82. The lowest BCUT2D eigenvalue weighted by Crippen LogP contribution is -2.03. The predicted molar refractivity (Wildman–Crippen MR) is 64.9 cm³/mol. The molecule has 2 aromatic carbocycles. The molecule has 0 amide bonds. The van der Waals surface area contributed by atoms with E-state index in [9.17, 15) is 5.11 Å². The zero-order valence-corrected chi connectivity index (χ0v) is 9.23. The van der Waals surface area contributed by atoms with E-state index in [4.69, 9.17) is 10.5 Å². The van der Waals surface area contributed by atoms with Gasteiger partial charge in [0.05, 0.1) is 7.11 Å². The standard InChI is InChI=1S/C13H15NO2/c1-16-13-8-9(5-6-14)7-11-10(13)3-2-4-12(11)15/h2-4,7-8,15H,5-6,14H2,1H3. The number of ether oxygens (including phenoxy) is 1. The lowest BCUT2D eigenvalue weighted by Gasteiger charge is -2.09. The van der Waals surface area contributed by atoms with E-state index in [0.29, 0.717) is 6.54 Å². The molecule has 3 heteroatoms. The van der Waals surface area contributed by atoms with Gasteiger partial charge in [-0.05, 0) is 36.7 Å². The molecule has 2 aromatic rings. The monoisotopic (exact) mass is 217 g/mol. The van der Waals surface area contributed by atoms with Crippen molar-refractivity contribution >= 4 is 10.8 Å². The second-order valence-corrected chi connectivity index (χ2v) is 3.71. The first-order valence-corrected chi connectivity index (χ1v) is 5.25. The summed E-state index contributed by atoms with van der Waals surface area (Å²) >= 11 is 0. The van der Waals surface area contributed by atoms with Gasteiger partial charge in [-0.2, -0.15) is 0 Å². The van der Waals surface area contributed by atoms with Crippen molar-refractivity contribution in [3.05, 3.63) is 35.9 Å². The van der Waals surface area contributed by atoms with Crippen molar-refractivity contribution in [2.75, 3.05) is 13.7 Å². The van der Waals surface area contributed by atoms with Crippen LogP contribution in [-0.4, -0.2) is 18.8 Å². The number of nitrogens with two attached hydrogens (primary N) is 1. The van der Waals surface area contributed by atoms with Crippen LogP contribution in [0.1, 0.15) is 5.56 Å². The first-order valence-electron chi connectivity index (χ1n) is 5.25. The minimum atomic E-state index is 0.273. The molecule has 0 unspecified atom stereocenters. The van der Waals surface area contributed by atoms with E-state index < -0.39 is 0 Å². The Balaban J connectivity index is 2.69. The molecule has 0 aromatic heterocycles. The number of phenolic OH excluding ortho intramolecular Hbond substituents is 1. The second-order valence-electron chi connectivity index (χ2n) is 3.71. The van der Waals surface area contributed by atoms with Crippen LogP contribution in [0.15, 0.2) is 30.3 Å². The summed E-state index contributed by atoms with van der Waals surface area (Å²) in [4.78, 5) is 0. The van der Waals surface area contributed by atoms with Gasteiger partial charge in [0.2, 0.25) is 0 Å². The maximum absolute atomic E-state index is 9.80. The fraction of sp³-hybridized carbons (Fsp3) is 0.231. The quantitative estimate of drug-likeness (QED) is 0.827. The van der Waals surface area contributed by atoms with Gasteiger partial charge in [-0.25, -0.2) is 0 Å². The Hall–Kier alpha value is -1.74. The Morgan fingerprint density at radius 1 is 1.25 bits per heavy atom. The van der Waals surface area contributed by atoms with E-state index >= 15 is 0 Å². The average molecular weight is 217 g/mol. The summed E-state index contributed by atoms with van der Waals surface area (Å²) < 4.78 is 5.32. The Bertz CT molecular complexity index is 509. The van der Waals surface area contributed by atoms with Gasteiger partial charge in [-0.15, -0.1) is 0 Å². The van der Waals surface area contributed by atoms with Crippen LogP contribution in [0.4, 0.5) is 0 Å². The molecule has 0 radical (unpaired) electrons. The van der Waals surface area contributed by atoms with Crippen molar-refractivity contribution in [2.45, 2.75) is 6.42 Å². The third-order valence-electron chi connectivity index (χ3n) is 2.65. The molecular formula is C13H15NO2. The molecule has 16 heavy (non-hydrogen) atoms. The molecule has 2 rings (SSSR count). The van der Waals surface area contributed by atoms with Gasteiger partial charge in [-0.1, -0.05) is 12.1 Å². The smallest absolute Gasteiger partial charge is 0.127 e. The minimum Gasteiger partial charge on any atom is -0.507 e. The van der Waals surface area contributed by atoms with Gasteiger partial charge in [0.1, 0.15) is 11.5 Å². The Labute approximate surface area is 94.5 Å². The maximum atomic E-state index is 9.80. The van der Waals surface area contributed by atoms with Gasteiger partial charge < -0.3 is 15.6 Å². The number of hydrogen-bond acceptors (Lipinski definition) is 3. The molecule has 0 heterocycles. The molecule has 84 valence electrons. The van der Waals surface area contributed by atoms with Crippen molar-refractivity contribution < 1.29 is 9.84 Å². The second kappa shape index (κ2) is 4.41. The van der Waals surface area contributed by atoms with E-state index in [0.717, 1.165) is 28.5 Å². The zero-order chi connectivity index (χ0) is 11.5. The molecule has 0 aliphatic heterocycles. The van der Waals surface area contributed by atoms with Crippen LogP contribution in [0, 0.1) is 0 Å². The summed E-state index contributed by atoms with van der Waals surface area (Å²) in [5.41, 5.74) is 6.61. The van der Waals surface area contributed by atoms with Crippen LogP contribution in [0.2, 0.25) is 0 Å². The highest BCUT2D eigenvalue weighted by molar-refractivity contribution is 5.93.